The number of benzene rings is 2. The summed E-state index contributed by atoms with van der Waals surface area (Å²) < 4.78 is 11.2. The average molecular weight is 378 g/mol. The van der Waals surface area contributed by atoms with Gasteiger partial charge in [-0.15, -0.1) is 0 Å². The summed E-state index contributed by atoms with van der Waals surface area (Å²) in [6.07, 6.45) is 1.89. The first kappa shape index (κ1) is 16.6. The van der Waals surface area contributed by atoms with Gasteiger partial charge < -0.3 is 14.4 Å². The molecule has 4 rings (SSSR count). The molecule has 0 saturated carbocycles. The van der Waals surface area contributed by atoms with E-state index in [0.717, 1.165) is 36.4 Å². The van der Waals surface area contributed by atoms with Crippen LogP contribution < -0.4 is 9.47 Å². The number of hydrogen-bond acceptors (Lipinski definition) is 3. The molecule has 25 heavy (non-hydrogen) atoms. The number of rotatable bonds is 2. The van der Waals surface area contributed by atoms with Gasteiger partial charge >= 0.3 is 0 Å². The molecule has 1 amide bonds. The Labute approximate surface area is 156 Å². The van der Waals surface area contributed by atoms with Crippen molar-refractivity contribution in [1.82, 2.24) is 4.90 Å². The van der Waals surface area contributed by atoms with Crippen LogP contribution in [0.5, 0.6) is 11.5 Å². The molecular formula is C19H17Cl2NO3. The van der Waals surface area contributed by atoms with E-state index in [1.807, 2.05) is 23.1 Å². The van der Waals surface area contributed by atoms with E-state index in [-0.39, 0.29) is 11.9 Å². The molecule has 0 radical (unpaired) electrons. The van der Waals surface area contributed by atoms with Gasteiger partial charge in [0.15, 0.2) is 11.5 Å². The molecule has 1 fully saturated rings. The third-order valence-electron chi connectivity index (χ3n) is 4.63. The second-order valence-electron chi connectivity index (χ2n) is 6.19. The van der Waals surface area contributed by atoms with Gasteiger partial charge in [0, 0.05) is 12.1 Å². The topological polar surface area (TPSA) is 38.8 Å². The highest BCUT2D eigenvalue weighted by molar-refractivity contribution is 6.42. The van der Waals surface area contributed by atoms with E-state index in [9.17, 15) is 4.79 Å². The fraction of sp³-hybridized carbons (Fsp3) is 0.316. The fourth-order valence-electron chi connectivity index (χ4n) is 3.42. The van der Waals surface area contributed by atoms with Gasteiger partial charge in [0.05, 0.1) is 16.1 Å². The van der Waals surface area contributed by atoms with Crippen molar-refractivity contribution in [3.63, 3.8) is 0 Å². The minimum absolute atomic E-state index is 0.0257. The van der Waals surface area contributed by atoms with E-state index in [1.54, 1.807) is 18.2 Å². The second-order valence-corrected chi connectivity index (χ2v) is 7.00. The first-order valence-electron chi connectivity index (χ1n) is 8.29. The summed E-state index contributed by atoms with van der Waals surface area (Å²) in [5.41, 5.74) is 1.62. The fourth-order valence-corrected chi connectivity index (χ4v) is 3.72. The Morgan fingerprint density at radius 2 is 1.80 bits per heavy atom. The van der Waals surface area contributed by atoms with Crippen molar-refractivity contribution in [3.05, 3.63) is 57.6 Å². The van der Waals surface area contributed by atoms with Gasteiger partial charge in [0.2, 0.25) is 0 Å². The summed E-state index contributed by atoms with van der Waals surface area (Å²) in [6, 6.07) is 11.0. The van der Waals surface area contributed by atoms with E-state index in [2.05, 4.69) is 0 Å². The molecule has 130 valence electrons. The zero-order valence-electron chi connectivity index (χ0n) is 13.5. The monoisotopic (exact) mass is 377 g/mol. The maximum absolute atomic E-state index is 13.0. The zero-order valence-corrected chi connectivity index (χ0v) is 15.0. The lowest BCUT2D eigenvalue weighted by atomic mass is 10.0. The van der Waals surface area contributed by atoms with Crippen LogP contribution in [0.15, 0.2) is 36.4 Å². The van der Waals surface area contributed by atoms with E-state index < -0.39 is 0 Å². The molecule has 0 spiro atoms. The molecule has 1 atom stereocenters. The Bertz CT molecular complexity index is 824. The Morgan fingerprint density at radius 1 is 1.00 bits per heavy atom. The van der Waals surface area contributed by atoms with E-state index in [4.69, 9.17) is 32.7 Å². The SMILES string of the molecule is O=C(c1ccc(Cl)c(Cl)c1)N1CCC[C@@H]1c1ccc2c(c1)OCCO2. The molecule has 0 unspecified atom stereocenters. The van der Waals surface area contributed by atoms with Gasteiger partial charge in [-0.3, -0.25) is 4.79 Å². The number of amides is 1. The highest BCUT2D eigenvalue weighted by atomic mass is 35.5. The second kappa shape index (κ2) is 6.77. The van der Waals surface area contributed by atoms with Gasteiger partial charge in [-0.2, -0.15) is 0 Å². The van der Waals surface area contributed by atoms with Crippen molar-refractivity contribution in [2.24, 2.45) is 0 Å². The molecule has 2 aromatic carbocycles. The lowest BCUT2D eigenvalue weighted by molar-refractivity contribution is 0.0735. The van der Waals surface area contributed by atoms with Crippen LogP contribution in [0.4, 0.5) is 0 Å². The maximum atomic E-state index is 13.0. The highest BCUT2D eigenvalue weighted by Crippen LogP contribution is 2.39. The molecule has 0 bridgehead atoms. The quantitative estimate of drug-likeness (QED) is 0.758. The number of hydrogen-bond donors (Lipinski definition) is 0. The minimum Gasteiger partial charge on any atom is -0.486 e. The van der Waals surface area contributed by atoms with Crippen LogP contribution in [-0.2, 0) is 0 Å². The van der Waals surface area contributed by atoms with Gasteiger partial charge in [-0.05, 0) is 48.7 Å². The van der Waals surface area contributed by atoms with Crippen molar-refractivity contribution in [2.75, 3.05) is 19.8 Å². The highest BCUT2D eigenvalue weighted by Gasteiger charge is 2.31. The van der Waals surface area contributed by atoms with Gasteiger partial charge in [-0.1, -0.05) is 29.3 Å². The smallest absolute Gasteiger partial charge is 0.254 e. The lowest BCUT2D eigenvalue weighted by Crippen LogP contribution is -2.30. The molecule has 2 heterocycles. The number of nitrogens with zero attached hydrogens (tertiary/aromatic N) is 1. The zero-order chi connectivity index (χ0) is 17.4. The molecular weight excluding hydrogens is 361 g/mol. The van der Waals surface area contributed by atoms with Crippen LogP contribution in [-0.4, -0.2) is 30.6 Å². The molecule has 0 aromatic heterocycles. The Kier molecular flexibility index (Phi) is 4.48. The van der Waals surface area contributed by atoms with Crippen molar-refractivity contribution in [2.45, 2.75) is 18.9 Å². The van der Waals surface area contributed by atoms with Crippen LogP contribution in [0.25, 0.3) is 0 Å². The van der Waals surface area contributed by atoms with Gasteiger partial charge in [-0.25, -0.2) is 0 Å². The van der Waals surface area contributed by atoms with Crippen molar-refractivity contribution >= 4 is 29.1 Å². The molecule has 0 N–H and O–H groups in total. The van der Waals surface area contributed by atoms with Gasteiger partial charge in [0.1, 0.15) is 13.2 Å². The first-order chi connectivity index (χ1) is 12.1. The summed E-state index contributed by atoms with van der Waals surface area (Å²) in [4.78, 5) is 14.8. The molecule has 4 nitrogen and oxygen atoms in total. The van der Waals surface area contributed by atoms with Crippen molar-refractivity contribution in [3.8, 4) is 11.5 Å². The average Bonchev–Trinajstić information content (AvgIpc) is 3.12. The van der Waals surface area contributed by atoms with Crippen LogP contribution in [0.1, 0.15) is 34.8 Å². The molecule has 2 aliphatic rings. The van der Waals surface area contributed by atoms with Crippen LogP contribution in [0.3, 0.4) is 0 Å². The van der Waals surface area contributed by atoms with Gasteiger partial charge in [0.25, 0.3) is 5.91 Å². The molecule has 2 aliphatic heterocycles. The van der Waals surface area contributed by atoms with E-state index >= 15 is 0 Å². The molecule has 0 aliphatic carbocycles. The summed E-state index contributed by atoms with van der Waals surface area (Å²) in [5, 5.41) is 0.839. The Hall–Kier alpha value is -1.91. The van der Waals surface area contributed by atoms with Crippen LogP contribution in [0, 0.1) is 0 Å². The Balaban J connectivity index is 1.61. The number of carbonyl (C=O) groups excluding carboxylic acids is 1. The van der Waals surface area contributed by atoms with Crippen LogP contribution >= 0.6 is 23.2 Å². The number of halogens is 2. The van der Waals surface area contributed by atoms with Crippen molar-refractivity contribution in [1.29, 1.82) is 0 Å². The third-order valence-corrected chi connectivity index (χ3v) is 5.37. The largest absolute Gasteiger partial charge is 0.486 e. The van der Waals surface area contributed by atoms with E-state index in [0.29, 0.717) is 28.8 Å². The lowest BCUT2D eigenvalue weighted by Gasteiger charge is -2.27. The van der Waals surface area contributed by atoms with E-state index in [1.165, 1.54) is 0 Å². The summed E-state index contributed by atoms with van der Waals surface area (Å²) in [6.45, 7) is 1.84. The maximum Gasteiger partial charge on any atom is 0.254 e. The number of ether oxygens (including phenoxy) is 2. The standard InChI is InChI=1S/C19H17Cl2NO3/c20-14-5-3-13(10-15(14)21)19(23)22-7-1-2-16(22)12-4-6-17-18(11-12)25-9-8-24-17/h3-6,10-11,16H,1-2,7-9H2/t16-/m1/s1. The summed E-state index contributed by atoms with van der Waals surface area (Å²) in [5.74, 6) is 1.48. The summed E-state index contributed by atoms with van der Waals surface area (Å²) in [7, 11) is 0. The number of carbonyl (C=O) groups is 1. The van der Waals surface area contributed by atoms with Crippen molar-refractivity contribution < 1.29 is 14.3 Å². The molecule has 1 saturated heterocycles. The number of likely N-dealkylation sites (tertiary alicyclic amines) is 1. The summed E-state index contributed by atoms with van der Waals surface area (Å²) >= 11 is 12.0. The molecule has 6 heteroatoms. The van der Waals surface area contributed by atoms with Crippen LogP contribution in [0.2, 0.25) is 10.0 Å². The Morgan fingerprint density at radius 3 is 2.60 bits per heavy atom. The minimum atomic E-state index is -0.0315. The number of fused-ring (bicyclic) bond motifs is 1. The molecule has 2 aromatic rings. The normalized spacial score (nSPS) is 19.1. The predicted octanol–water partition coefficient (Wildman–Crippen LogP) is 4.74. The predicted molar refractivity (Wildman–Crippen MR) is 96.9 cm³/mol. The third kappa shape index (κ3) is 3.16. The first-order valence-corrected chi connectivity index (χ1v) is 9.04.